The number of aromatic nitrogens is 2. The molecule has 6 heteroatoms. The summed E-state index contributed by atoms with van der Waals surface area (Å²) in [6, 6.07) is 22.0. The Labute approximate surface area is 169 Å². The summed E-state index contributed by atoms with van der Waals surface area (Å²) in [7, 11) is 0. The van der Waals surface area contributed by atoms with Crippen LogP contribution in [0.2, 0.25) is 0 Å². The average molecular weight is 391 g/mol. The second-order valence-corrected chi connectivity index (χ2v) is 7.76. The van der Waals surface area contributed by atoms with Gasteiger partial charge >= 0.3 is 0 Å². The Kier molecular flexibility index (Phi) is 5.87. The standard InChI is InChI=1S/C22H22N4OS/c27-21(25-14-16-26(17-15-25)22-23-12-7-13-24-22)20(18-8-3-1-4-9-18)28-19-10-5-2-6-11-19/h1-13,20H,14-17H2/t20-/m0/s1. The van der Waals surface area contributed by atoms with Crippen molar-refractivity contribution in [1.29, 1.82) is 0 Å². The van der Waals surface area contributed by atoms with Gasteiger partial charge in [0, 0.05) is 43.5 Å². The van der Waals surface area contributed by atoms with E-state index < -0.39 is 0 Å². The summed E-state index contributed by atoms with van der Waals surface area (Å²) in [5.74, 6) is 0.890. The first-order valence-corrected chi connectivity index (χ1v) is 10.3. The number of rotatable bonds is 5. The molecule has 1 aliphatic rings. The maximum atomic E-state index is 13.4. The molecule has 1 saturated heterocycles. The van der Waals surface area contributed by atoms with Gasteiger partial charge in [-0.15, -0.1) is 11.8 Å². The second kappa shape index (κ2) is 8.89. The Hall–Kier alpha value is -2.86. The predicted octanol–water partition coefficient (Wildman–Crippen LogP) is 3.66. The molecule has 2 heterocycles. The van der Waals surface area contributed by atoms with Gasteiger partial charge < -0.3 is 9.80 Å². The summed E-state index contributed by atoms with van der Waals surface area (Å²) >= 11 is 1.61. The van der Waals surface area contributed by atoms with Crippen molar-refractivity contribution in [3.8, 4) is 0 Å². The number of hydrogen-bond donors (Lipinski definition) is 0. The fraction of sp³-hybridized carbons (Fsp3) is 0.227. The smallest absolute Gasteiger partial charge is 0.240 e. The molecular formula is C22H22N4OS. The van der Waals surface area contributed by atoms with Crippen LogP contribution in [0.5, 0.6) is 0 Å². The summed E-state index contributed by atoms with van der Waals surface area (Å²) in [5.41, 5.74) is 1.04. The molecule has 3 aromatic rings. The summed E-state index contributed by atoms with van der Waals surface area (Å²) in [4.78, 5) is 27.2. The summed E-state index contributed by atoms with van der Waals surface area (Å²) < 4.78 is 0. The average Bonchev–Trinajstić information content (AvgIpc) is 2.79. The summed E-state index contributed by atoms with van der Waals surface area (Å²) in [6.45, 7) is 2.84. The maximum Gasteiger partial charge on any atom is 0.240 e. The van der Waals surface area contributed by atoms with Crippen LogP contribution in [0, 0.1) is 0 Å². The van der Waals surface area contributed by atoms with Crippen molar-refractivity contribution in [2.45, 2.75) is 10.1 Å². The molecule has 1 amide bonds. The highest BCUT2D eigenvalue weighted by atomic mass is 32.2. The molecule has 1 aromatic heterocycles. The van der Waals surface area contributed by atoms with Crippen molar-refractivity contribution in [1.82, 2.24) is 14.9 Å². The largest absolute Gasteiger partial charge is 0.338 e. The minimum Gasteiger partial charge on any atom is -0.338 e. The lowest BCUT2D eigenvalue weighted by Crippen LogP contribution is -2.50. The van der Waals surface area contributed by atoms with Gasteiger partial charge in [0.05, 0.1) is 0 Å². The van der Waals surface area contributed by atoms with Crippen LogP contribution in [0.15, 0.2) is 84.0 Å². The van der Waals surface area contributed by atoms with E-state index in [9.17, 15) is 4.79 Å². The van der Waals surface area contributed by atoms with Gasteiger partial charge in [0.2, 0.25) is 11.9 Å². The number of amides is 1. The molecule has 0 radical (unpaired) electrons. The van der Waals surface area contributed by atoms with Gasteiger partial charge in [-0.05, 0) is 23.8 Å². The number of hydrogen-bond acceptors (Lipinski definition) is 5. The first-order chi connectivity index (χ1) is 13.8. The molecule has 1 atom stereocenters. The molecular weight excluding hydrogens is 368 g/mol. The van der Waals surface area contributed by atoms with Crippen molar-refractivity contribution in [3.05, 3.63) is 84.7 Å². The third-order valence-electron chi connectivity index (χ3n) is 4.75. The Morgan fingerprint density at radius 3 is 2.07 bits per heavy atom. The van der Waals surface area contributed by atoms with Crippen molar-refractivity contribution in [2.24, 2.45) is 0 Å². The van der Waals surface area contributed by atoms with E-state index in [1.807, 2.05) is 59.5 Å². The molecule has 142 valence electrons. The number of benzene rings is 2. The topological polar surface area (TPSA) is 49.3 Å². The number of nitrogens with zero attached hydrogens (tertiary/aromatic N) is 4. The molecule has 0 unspecified atom stereocenters. The van der Waals surface area contributed by atoms with Crippen molar-refractivity contribution >= 4 is 23.6 Å². The lowest BCUT2D eigenvalue weighted by Gasteiger charge is -2.36. The summed E-state index contributed by atoms with van der Waals surface area (Å²) in [6.07, 6.45) is 3.50. The number of piperazine rings is 1. The maximum absolute atomic E-state index is 13.4. The van der Waals surface area contributed by atoms with Crippen molar-refractivity contribution < 1.29 is 4.79 Å². The van der Waals surface area contributed by atoms with E-state index in [2.05, 4.69) is 27.0 Å². The van der Waals surface area contributed by atoms with E-state index in [1.54, 1.807) is 24.2 Å². The normalized spacial score (nSPS) is 15.3. The molecule has 0 bridgehead atoms. The van der Waals surface area contributed by atoms with Gasteiger partial charge in [0.15, 0.2) is 0 Å². The molecule has 1 aliphatic heterocycles. The van der Waals surface area contributed by atoms with Crippen LogP contribution in [0.1, 0.15) is 10.8 Å². The van der Waals surface area contributed by atoms with Crippen LogP contribution in [0.4, 0.5) is 5.95 Å². The third-order valence-corrected chi connectivity index (χ3v) is 6.00. The summed E-state index contributed by atoms with van der Waals surface area (Å²) in [5, 5.41) is -0.247. The van der Waals surface area contributed by atoms with Gasteiger partial charge in [-0.3, -0.25) is 4.79 Å². The van der Waals surface area contributed by atoms with Gasteiger partial charge in [-0.1, -0.05) is 48.5 Å². The highest BCUT2D eigenvalue weighted by Crippen LogP contribution is 2.36. The minimum atomic E-state index is -0.247. The SMILES string of the molecule is O=C([C@@H](Sc1ccccc1)c1ccccc1)N1CCN(c2ncccn2)CC1. The van der Waals surface area contributed by atoms with Gasteiger partial charge in [0.25, 0.3) is 0 Å². The van der Waals surface area contributed by atoms with Crippen LogP contribution < -0.4 is 4.90 Å². The van der Waals surface area contributed by atoms with E-state index in [0.717, 1.165) is 29.5 Å². The third kappa shape index (κ3) is 4.34. The quantitative estimate of drug-likeness (QED) is 0.622. The highest BCUT2D eigenvalue weighted by molar-refractivity contribution is 8.00. The number of anilines is 1. The molecule has 2 aromatic carbocycles. The Bertz CT molecular complexity index is 884. The molecule has 0 saturated carbocycles. The molecule has 5 nitrogen and oxygen atoms in total. The fourth-order valence-electron chi connectivity index (χ4n) is 3.27. The van der Waals surface area contributed by atoms with Crippen molar-refractivity contribution in [3.63, 3.8) is 0 Å². The zero-order chi connectivity index (χ0) is 19.2. The van der Waals surface area contributed by atoms with E-state index in [1.165, 1.54) is 0 Å². The second-order valence-electron chi connectivity index (χ2n) is 6.58. The molecule has 1 fully saturated rings. The first kappa shape index (κ1) is 18.5. The van der Waals surface area contributed by atoms with Gasteiger partial charge in [-0.2, -0.15) is 0 Å². The van der Waals surface area contributed by atoms with E-state index >= 15 is 0 Å². The lowest BCUT2D eigenvalue weighted by molar-refractivity contribution is -0.131. The Morgan fingerprint density at radius 1 is 0.821 bits per heavy atom. The Morgan fingerprint density at radius 2 is 1.43 bits per heavy atom. The molecule has 0 spiro atoms. The molecule has 0 aliphatic carbocycles. The van der Waals surface area contributed by atoms with Gasteiger partial charge in [-0.25, -0.2) is 9.97 Å². The van der Waals surface area contributed by atoms with E-state index in [0.29, 0.717) is 13.1 Å². The van der Waals surface area contributed by atoms with Crippen LogP contribution in [-0.4, -0.2) is 47.0 Å². The van der Waals surface area contributed by atoms with Crippen LogP contribution >= 0.6 is 11.8 Å². The number of carbonyl (C=O) groups excluding carboxylic acids is 1. The minimum absolute atomic E-state index is 0.161. The zero-order valence-electron chi connectivity index (χ0n) is 15.5. The van der Waals surface area contributed by atoms with Crippen LogP contribution in [0.25, 0.3) is 0 Å². The van der Waals surface area contributed by atoms with Crippen molar-refractivity contribution in [2.75, 3.05) is 31.1 Å². The monoisotopic (exact) mass is 390 g/mol. The lowest BCUT2D eigenvalue weighted by atomic mass is 10.1. The molecule has 0 N–H and O–H groups in total. The number of thioether (sulfide) groups is 1. The highest BCUT2D eigenvalue weighted by Gasteiger charge is 2.30. The fourth-order valence-corrected chi connectivity index (χ4v) is 4.40. The molecule has 4 rings (SSSR count). The number of carbonyl (C=O) groups is 1. The first-order valence-electron chi connectivity index (χ1n) is 9.39. The van der Waals surface area contributed by atoms with Gasteiger partial charge in [0.1, 0.15) is 5.25 Å². The zero-order valence-corrected chi connectivity index (χ0v) is 16.3. The Balaban J connectivity index is 1.48. The predicted molar refractivity (Wildman–Crippen MR) is 112 cm³/mol. The molecule has 28 heavy (non-hydrogen) atoms. The van der Waals surface area contributed by atoms with E-state index in [4.69, 9.17) is 0 Å². The van der Waals surface area contributed by atoms with E-state index in [-0.39, 0.29) is 11.2 Å². The van der Waals surface area contributed by atoms with Crippen LogP contribution in [0.3, 0.4) is 0 Å². The van der Waals surface area contributed by atoms with Crippen LogP contribution in [-0.2, 0) is 4.79 Å².